The van der Waals surface area contributed by atoms with Crippen molar-refractivity contribution in [1.29, 1.82) is 0 Å². The lowest BCUT2D eigenvalue weighted by atomic mass is 10.0. The molecule has 1 aromatic carbocycles. The van der Waals surface area contributed by atoms with Gasteiger partial charge in [-0.1, -0.05) is 17.7 Å². The standard InChI is InChI=1S/C26H27ClFN5O2S/c1-16-8-30-26(36-16)31-25-7-23(24(27)9-29-25)19-6-21-12-33(22(15-35-2)13-32(21)11-19)10-18-5-20(28)4-3-17(18)14-34/h3-9,11,22,34H,10,12-15H2,1-2H3,(H,29,30,31)/t22-/m1/s1. The maximum Gasteiger partial charge on any atom is 0.188 e. The Morgan fingerprint density at radius 1 is 1.22 bits per heavy atom. The number of pyridine rings is 1. The second-order valence-electron chi connectivity index (χ2n) is 8.91. The van der Waals surface area contributed by atoms with Gasteiger partial charge in [-0.25, -0.2) is 14.4 Å². The van der Waals surface area contributed by atoms with Gasteiger partial charge in [-0.3, -0.25) is 4.90 Å². The minimum Gasteiger partial charge on any atom is -0.392 e. The van der Waals surface area contributed by atoms with Gasteiger partial charge < -0.3 is 19.7 Å². The molecule has 4 aromatic rings. The van der Waals surface area contributed by atoms with Crippen molar-refractivity contribution in [3.8, 4) is 11.1 Å². The summed E-state index contributed by atoms with van der Waals surface area (Å²) in [5.74, 6) is 0.368. The Hall–Kier alpha value is -2.82. The number of hydrogen-bond donors (Lipinski definition) is 2. The Balaban J connectivity index is 1.42. The smallest absolute Gasteiger partial charge is 0.188 e. The molecule has 1 atom stereocenters. The molecule has 188 valence electrons. The van der Waals surface area contributed by atoms with Gasteiger partial charge in [-0.15, -0.1) is 11.3 Å². The van der Waals surface area contributed by atoms with Gasteiger partial charge in [0.25, 0.3) is 0 Å². The average Bonchev–Trinajstić information content (AvgIpc) is 3.46. The van der Waals surface area contributed by atoms with E-state index in [1.54, 1.807) is 30.7 Å². The zero-order valence-electron chi connectivity index (χ0n) is 20.0. The fourth-order valence-electron chi connectivity index (χ4n) is 4.58. The highest BCUT2D eigenvalue weighted by molar-refractivity contribution is 7.15. The zero-order chi connectivity index (χ0) is 25.2. The summed E-state index contributed by atoms with van der Waals surface area (Å²) >= 11 is 8.13. The lowest BCUT2D eigenvalue weighted by Gasteiger charge is -2.36. The molecule has 0 radical (unpaired) electrons. The Morgan fingerprint density at radius 3 is 2.83 bits per heavy atom. The quantitative estimate of drug-likeness (QED) is 0.321. The molecule has 0 amide bonds. The Labute approximate surface area is 218 Å². The van der Waals surface area contributed by atoms with Crippen molar-refractivity contribution in [3.63, 3.8) is 0 Å². The van der Waals surface area contributed by atoms with Gasteiger partial charge in [0.05, 0.1) is 24.3 Å². The Morgan fingerprint density at radius 2 is 2.08 bits per heavy atom. The van der Waals surface area contributed by atoms with Crippen LogP contribution < -0.4 is 5.32 Å². The number of benzene rings is 1. The first-order chi connectivity index (χ1) is 17.4. The molecule has 36 heavy (non-hydrogen) atoms. The van der Waals surface area contributed by atoms with Crippen molar-refractivity contribution in [2.75, 3.05) is 19.0 Å². The molecule has 0 saturated heterocycles. The van der Waals surface area contributed by atoms with Crippen molar-refractivity contribution < 1.29 is 14.2 Å². The molecule has 0 saturated carbocycles. The molecule has 0 fully saturated rings. The van der Waals surface area contributed by atoms with Crippen LogP contribution in [0.15, 0.2) is 48.9 Å². The number of thiazole rings is 1. The van der Waals surface area contributed by atoms with Crippen LogP contribution in [0, 0.1) is 12.7 Å². The fourth-order valence-corrected chi connectivity index (χ4v) is 5.47. The van der Waals surface area contributed by atoms with E-state index in [0.29, 0.717) is 30.5 Å². The molecule has 7 nitrogen and oxygen atoms in total. The van der Waals surface area contributed by atoms with E-state index in [1.165, 1.54) is 12.1 Å². The van der Waals surface area contributed by atoms with Gasteiger partial charge in [0.2, 0.25) is 0 Å². The number of ether oxygens (including phenoxy) is 1. The molecule has 0 aliphatic carbocycles. The number of nitrogens with one attached hydrogen (secondary N) is 1. The maximum atomic E-state index is 14.0. The average molecular weight is 528 g/mol. The molecule has 4 heterocycles. The normalized spacial score (nSPS) is 15.8. The van der Waals surface area contributed by atoms with E-state index in [2.05, 4.69) is 37.0 Å². The van der Waals surface area contributed by atoms with Crippen LogP contribution in [0.3, 0.4) is 0 Å². The van der Waals surface area contributed by atoms with E-state index in [4.69, 9.17) is 16.3 Å². The minimum absolute atomic E-state index is 0.0934. The third-order valence-corrected chi connectivity index (χ3v) is 7.50. The first-order valence-corrected chi connectivity index (χ1v) is 12.8. The summed E-state index contributed by atoms with van der Waals surface area (Å²) in [6, 6.07) is 8.69. The molecular weight excluding hydrogens is 501 g/mol. The molecule has 2 N–H and O–H groups in total. The highest BCUT2D eigenvalue weighted by Crippen LogP contribution is 2.34. The van der Waals surface area contributed by atoms with Crippen molar-refractivity contribution in [3.05, 3.63) is 81.5 Å². The van der Waals surface area contributed by atoms with Crippen molar-refractivity contribution in [2.45, 2.75) is 39.2 Å². The number of aromatic nitrogens is 3. The van der Waals surface area contributed by atoms with Gasteiger partial charge in [-0.05, 0) is 42.3 Å². The van der Waals surface area contributed by atoms with Crippen molar-refractivity contribution in [2.24, 2.45) is 0 Å². The number of aliphatic hydroxyl groups is 1. The topological polar surface area (TPSA) is 75.4 Å². The monoisotopic (exact) mass is 527 g/mol. The summed E-state index contributed by atoms with van der Waals surface area (Å²) in [7, 11) is 1.69. The molecule has 1 aliphatic rings. The number of aliphatic hydroxyl groups excluding tert-OH is 1. The minimum atomic E-state index is -0.308. The number of fused-ring (bicyclic) bond motifs is 1. The zero-order valence-corrected chi connectivity index (χ0v) is 21.6. The number of nitrogens with zero attached hydrogens (tertiary/aromatic N) is 4. The Kier molecular flexibility index (Phi) is 7.36. The molecular formula is C26H27ClFN5O2S. The predicted octanol–water partition coefficient (Wildman–Crippen LogP) is 5.37. The van der Waals surface area contributed by atoms with Crippen LogP contribution >= 0.6 is 22.9 Å². The number of rotatable bonds is 8. The van der Waals surface area contributed by atoms with E-state index in [9.17, 15) is 9.50 Å². The number of aryl methyl sites for hydroxylation is 1. The van der Waals surface area contributed by atoms with E-state index < -0.39 is 0 Å². The second-order valence-corrected chi connectivity index (χ2v) is 10.6. The number of halogens is 2. The van der Waals surface area contributed by atoms with Crippen LogP contribution in [0.5, 0.6) is 0 Å². The van der Waals surface area contributed by atoms with Crippen LogP contribution in [0.4, 0.5) is 15.3 Å². The van der Waals surface area contributed by atoms with Crippen LogP contribution in [0.1, 0.15) is 21.7 Å². The van der Waals surface area contributed by atoms with Crippen LogP contribution in [-0.2, 0) is 31.0 Å². The van der Waals surface area contributed by atoms with E-state index in [0.717, 1.165) is 44.5 Å². The van der Waals surface area contributed by atoms with Gasteiger partial charge in [0.1, 0.15) is 11.6 Å². The van der Waals surface area contributed by atoms with E-state index in [1.807, 2.05) is 19.2 Å². The molecule has 10 heteroatoms. The lowest BCUT2D eigenvalue weighted by molar-refractivity contribution is 0.0536. The largest absolute Gasteiger partial charge is 0.392 e. The maximum absolute atomic E-state index is 14.0. The number of methoxy groups -OCH3 is 1. The van der Waals surface area contributed by atoms with Crippen LogP contribution in [-0.4, -0.2) is 44.3 Å². The van der Waals surface area contributed by atoms with Gasteiger partial charge >= 0.3 is 0 Å². The van der Waals surface area contributed by atoms with Gasteiger partial charge in [0, 0.05) is 67.0 Å². The molecule has 0 unspecified atom stereocenters. The van der Waals surface area contributed by atoms with E-state index >= 15 is 0 Å². The number of hydrogen-bond acceptors (Lipinski definition) is 7. The lowest BCUT2D eigenvalue weighted by Crippen LogP contribution is -2.44. The predicted molar refractivity (Wildman–Crippen MR) is 140 cm³/mol. The third kappa shape index (κ3) is 5.30. The van der Waals surface area contributed by atoms with Gasteiger partial charge in [-0.2, -0.15) is 0 Å². The van der Waals surface area contributed by atoms with Crippen LogP contribution in [0.2, 0.25) is 5.02 Å². The SMILES string of the molecule is COC[C@H]1Cn2cc(-c3cc(Nc4ncc(C)s4)ncc3Cl)cc2CN1Cc1cc(F)ccc1CO. The Bertz CT molecular complexity index is 1370. The second kappa shape index (κ2) is 10.7. The first-order valence-electron chi connectivity index (χ1n) is 11.6. The summed E-state index contributed by atoms with van der Waals surface area (Å²) in [5.41, 5.74) is 4.51. The molecule has 0 bridgehead atoms. The highest BCUT2D eigenvalue weighted by Gasteiger charge is 2.28. The van der Waals surface area contributed by atoms with Gasteiger partial charge in [0.15, 0.2) is 5.13 Å². The summed E-state index contributed by atoms with van der Waals surface area (Å²) < 4.78 is 21.7. The molecule has 3 aromatic heterocycles. The summed E-state index contributed by atoms with van der Waals surface area (Å²) in [6.07, 6.45) is 5.58. The molecule has 5 rings (SSSR count). The van der Waals surface area contributed by atoms with Crippen molar-refractivity contribution >= 4 is 33.9 Å². The first kappa shape index (κ1) is 24.9. The fraction of sp³-hybridized carbons (Fsp3) is 0.308. The molecule has 1 aliphatic heterocycles. The van der Waals surface area contributed by atoms with Crippen molar-refractivity contribution in [1.82, 2.24) is 19.4 Å². The van der Waals surface area contributed by atoms with E-state index in [-0.39, 0.29) is 18.5 Å². The number of anilines is 2. The van der Waals surface area contributed by atoms with Crippen LogP contribution in [0.25, 0.3) is 11.1 Å². The summed E-state index contributed by atoms with van der Waals surface area (Å²) in [4.78, 5) is 12.1. The molecule has 0 spiro atoms. The third-order valence-electron chi connectivity index (χ3n) is 6.37. The summed E-state index contributed by atoms with van der Waals surface area (Å²) in [5, 5.41) is 14.3. The highest BCUT2D eigenvalue weighted by atomic mass is 35.5. The summed E-state index contributed by atoms with van der Waals surface area (Å²) in [6.45, 7) is 4.30.